The van der Waals surface area contributed by atoms with Crippen molar-refractivity contribution in [3.8, 4) is 0 Å². The number of ether oxygens (including phenoxy) is 1. The predicted octanol–water partition coefficient (Wildman–Crippen LogP) is 3.06. The number of carbonyl (C=O) groups excluding carboxylic acids is 4. The predicted molar refractivity (Wildman–Crippen MR) is 119 cm³/mol. The molecule has 0 bridgehead atoms. The Bertz CT molecular complexity index is 951. The molecule has 3 N–H and O–H groups in total. The normalized spacial score (nSPS) is 20.7. The highest BCUT2D eigenvalue weighted by atomic mass is 32.2. The Kier molecular flexibility index (Phi) is 6.74. The SMILES string of the molecule is CC(C)(C)OC(=O)C[C@@H]1CCCN(c2ccc(C(N)=O)cc2/C=C2\SC(=O)NC2=O)C1. The van der Waals surface area contributed by atoms with Crippen molar-refractivity contribution >= 4 is 46.5 Å². The fraction of sp³-hybridized carbons (Fsp3) is 0.455. The third kappa shape index (κ3) is 6.10. The molecule has 0 unspecified atom stereocenters. The van der Waals surface area contributed by atoms with Crippen molar-refractivity contribution in [3.63, 3.8) is 0 Å². The summed E-state index contributed by atoms with van der Waals surface area (Å²) in [6.45, 7) is 6.96. The van der Waals surface area contributed by atoms with E-state index >= 15 is 0 Å². The fourth-order valence-corrected chi connectivity index (χ4v) is 4.42. The largest absolute Gasteiger partial charge is 0.460 e. The van der Waals surface area contributed by atoms with Crippen LogP contribution in [-0.4, -0.2) is 41.7 Å². The molecule has 0 aliphatic carbocycles. The Morgan fingerprint density at radius 2 is 2.06 bits per heavy atom. The van der Waals surface area contributed by atoms with E-state index < -0.39 is 22.7 Å². The molecule has 3 rings (SSSR count). The van der Waals surface area contributed by atoms with Gasteiger partial charge in [-0.1, -0.05) is 0 Å². The van der Waals surface area contributed by atoms with Gasteiger partial charge in [-0.15, -0.1) is 0 Å². The number of imide groups is 1. The van der Waals surface area contributed by atoms with Gasteiger partial charge in [0.25, 0.3) is 11.1 Å². The molecule has 2 saturated heterocycles. The smallest absolute Gasteiger partial charge is 0.306 e. The molecule has 1 aromatic carbocycles. The van der Waals surface area contributed by atoms with Gasteiger partial charge >= 0.3 is 5.97 Å². The van der Waals surface area contributed by atoms with Crippen LogP contribution in [0.5, 0.6) is 0 Å². The number of benzene rings is 1. The maximum atomic E-state index is 12.3. The molecule has 0 radical (unpaired) electrons. The zero-order valence-corrected chi connectivity index (χ0v) is 18.7. The van der Waals surface area contributed by atoms with Gasteiger partial charge in [-0.05, 0) is 81.1 Å². The van der Waals surface area contributed by atoms with Crippen molar-refractivity contribution in [2.45, 2.75) is 45.6 Å². The van der Waals surface area contributed by atoms with E-state index in [1.54, 1.807) is 24.3 Å². The molecule has 1 aromatic rings. The van der Waals surface area contributed by atoms with Gasteiger partial charge in [0, 0.05) is 24.3 Å². The molecule has 8 nitrogen and oxygen atoms in total. The second-order valence-corrected chi connectivity index (χ2v) is 9.75. The standard InChI is InChI=1S/C22H27N3O5S/c1-22(2,3)30-18(26)9-13-5-4-8-25(12-13)16-7-6-14(19(23)27)10-15(16)11-17-20(28)24-21(29)31-17/h6-7,10-11,13H,4-5,8-9,12H2,1-3H3,(H2,23,27)(H,24,28,29)/b17-11-/t13-/m0/s1. The van der Waals surface area contributed by atoms with Gasteiger partial charge in [-0.2, -0.15) is 0 Å². The molecule has 166 valence electrons. The highest BCUT2D eigenvalue weighted by molar-refractivity contribution is 8.18. The first kappa shape index (κ1) is 22.9. The monoisotopic (exact) mass is 445 g/mol. The average molecular weight is 446 g/mol. The van der Waals surface area contributed by atoms with Gasteiger partial charge in [-0.25, -0.2) is 0 Å². The maximum absolute atomic E-state index is 12.3. The first-order valence-electron chi connectivity index (χ1n) is 10.2. The molecule has 2 aliphatic heterocycles. The van der Waals surface area contributed by atoms with E-state index in [9.17, 15) is 19.2 Å². The minimum absolute atomic E-state index is 0.130. The Balaban J connectivity index is 1.84. The minimum Gasteiger partial charge on any atom is -0.460 e. The Hall–Kier alpha value is -2.81. The zero-order valence-electron chi connectivity index (χ0n) is 17.9. The van der Waals surface area contributed by atoms with Crippen LogP contribution in [0.2, 0.25) is 0 Å². The molecule has 0 aromatic heterocycles. The van der Waals surface area contributed by atoms with Crippen molar-refractivity contribution in [2.75, 3.05) is 18.0 Å². The lowest BCUT2D eigenvalue weighted by Gasteiger charge is -2.35. The van der Waals surface area contributed by atoms with E-state index in [0.717, 1.165) is 36.8 Å². The van der Waals surface area contributed by atoms with E-state index in [2.05, 4.69) is 10.2 Å². The minimum atomic E-state index is -0.577. The van der Waals surface area contributed by atoms with Crippen LogP contribution >= 0.6 is 11.8 Å². The van der Waals surface area contributed by atoms with Crippen LogP contribution < -0.4 is 16.0 Å². The number of hydrogen-bond acceptors (Lipinski definition) is 7. The highest BCUT2D eigenvalue weighted by Crippen LogP contribution is 2.33. The number of piperidine rings is 1. The number of nitrogens with two attached hydrogens (primary N) is 1. The molecular formula is C22H27N3O5S. The first-order valence-corrected chi connectivity index (χ1v) is 11.0. The second kappa shape index (κ2) is 9.13. The van der Waals surface area contributed by atoms with Gasteiger partial charge < -0.3 is 15.4 Å². The van der Waals surface area contributed by atoms with E-state index in [1.165, 1.54) is 0 Å². The number of anilines is 1. The van der Waals surface area contributed by atoms with Gasteiger partial charge in [0.15, 0.2) is 0 Å². The number of nitrogens with zero attached hydrogens (tertiary/aromatic N) is 1. The summed E-state index contributed by atoms with van der Waals surface area (Å²) in [6, 6.07) is 5.06. The number of esters is 1. The van der Waals surface area contributed by atoms with E-state index in [1.807, 2.05) is 20.8 Å². The molecule has 31 heavy (non-hydrogen) atoms. The molecule has 2 heterocycles. The molecule has 1 atom stereocenters. The van der Waals surface area contributed by atoms with Crippen LogP contribution in [0, 0.1) is 5.92 Å². The lowest BCUT2D eigenvalue weighted by atomic mass is 9.93. The Labute approximate surface area is 185 Å². The molecular weight excluding hydrogens is 418 g/mol. The third-order valence-electron chi connectivity index (χ3n) is 4.98. The number of carbonyl (C=O) groups is 4. The summed E-state index contributed by atoms with van der Waals surface area (Å²) in [5, 5.41) is 1.80. The first-order chi connectivity index (χ1) is 14.5. The number of amides is 3. The summed E-state index contributed by atoms with van der Waals surface area (Å²) in [5.41, 5.74) is 6.67. The maximum Gasteiger partial charge on any atom is 0.306 e. The van der Waals surface area contributed by atoms with Crippen molar-refractivity contribution < 1.29 is 23.9 Å². The number of nitrogens with one attached hydrogen (secondary N) is 1. The lowest BCUT2D eigenvalue weighted by molar-refractivity contribution is -0.156. The fourth-order valence-electron chi connectivity index (χ4n) is 3.74. The molecule has 3 amide bonds. The summed E-state index contributed by atoms with van der Waals surface area (Å²) in [6.07, 6.45) is 3.74. The number of hydrogen-bond donors (Lipinski definition) is 2. The molecule has 0 spiro atoms. The summed E-state index contributed by atoms with van der Waals surface area (Å²) < 4.78 is 5.46. The van der Waals surface area contributed by atoms with Crippen LogP contribution in [-0.2, 0) is 14.3 Å². The quantitative estimate of drug-likeness (QED) is 0.528. The zero-order chi connectivity index (χ0) is 22.8. The van der Waals surface area contributed by atoms with Crippen LogP contribution in [0.1, 0.15) is 56.0 Å². The van der Waals surface area contributed by atoms with Crippen molar-refractivity contribution in [2.24, 2.45) is 11.7 Å². The Morgan fingerprint density at radius 3 is 2.68 bits per heavy atom. The number of rotatable bonds is 5. The molecule has 9 heteroatoms. The van der Waals surface area contributed by atoms with Crippen molar-refractivity contribution in [1.82, 2.24) is 5.32 Å². The second-order valence-electron chi connectivity index (χ2n) is 8.73. The van der Waals surface area contributed by atoms with E-state index in [0.29, 0.717) is 24.1 Å². The van der Waals surface area contributed by atoms with Crippen LogP contribution in [0.4, 0.5) is 10.5 Å². The number of thioether (sulfide) groups is 1. The summed E-state index contributed by atoms with van der Waals surface area (Å²) in [5.74, 6) is -1.13. The topological polar surface area (TPSA) is 119 Å². The van der Waals surface area contributed by atoms with Crippen LogP contribution in [0.25, 0.3) is 6.08 Å². The molecule has 2 aliphatic rings. The summed E-state index contributed by atoms with van der Waals surface area (Å²) >= 11 is 0.818. The Morgan fingerprint density at radius 1 is 1.32 bits per heavy atom. The molecule has 2 fully saturated rings. The van der Waals surface area contributed by atoms with Gasteiger partial charge in [0.1, 0.15) is 5.60 Å². The lowest BCUT2D eigenvalue weighted by Crippen LogP contribution is -2.37. The van der Waals surface area contributed by atoms with Gasteiger partial charge in [0.2, 0.25) is 5.91 Å². The number of primary amides is 1. The van der Waals surface area contributed by atoms with Crippen LogP contribution in [0.15, 0.2) is 23.1 Å². The van der Waals surface area contributed by atoms with Crippen molar-refractivity contribution in [3.05, 3.63) is 34.2 Å². The van der Waals surface area contributed by atoms with E-state index in [-0.39, 0.29) is 16.8 Å². The van der Waals surface area contributed by atoms with Gasteiger partial charge in [-0.3, -0.25) is 24.5 Å². The van der Waals surface area contributed by atoms with Crippen molar-refractivity contribution in [1.29, 1.82) is 0 Å². The van der Waals surface area contributed by atoms with E-state index in [4.69, 9.17) is 10.5 Å². The third-order valence-corrected chi connectivity index (χ3v) is 5.79. The highest BCUT2D eigenvalue weighted by Gasteiger charge is 2.28. The van der Waals surface area contributed by atoms with Crippen LogP contribution in [0.3, 0.4) is 0 Å². The molecule has 0 saturated carbocycles. The average Bonchev–Trinajstić information content (AvgIpc) is 2.97. The summed E-state index contributed by atoms with van der Waals surface area (Å²) in [4.78, 5) is 49.9. The van der Waals surface area contributed by atoms with Gasteiger partial charge in [0.05, 0.1) is 11.3 Å². The summed E-state index contributed by atoms with van der Waals surface area (Å²) in [7, 11) is 0.